The summed E-state index contributed by atoms with van der Waals surface area (Å²) in [5.74, 6) is -1.78. The Kier molecular flexibility index (Phi) is 4.17. The van der Waals surface area contributed by atoms with Gasteiger partial charge in [0, 0.05) is 13.1 Å². The van der Waals surface area contributed by atoms with E-state index in [-0.39, 0.29) is 18.7 Å². The second-order valence-electron chi connectivity index (χ2n) is 4.57. The van der Waals surface area contributed by atoms with Crippen LogP contribution in [0.5, 0.6) is 5.75 Å². The molecular weight excluding hydrogens is 273 g/mol. The smallest absolute Gasteiger partial charge is 0.394 e. The molecular formula is C13H15F3N2O2. The molecule has 4 nitrogen and oxygen atoms in total. The van der Waals surface area contributed by atoms with Crippen molar-refractivity contribution in [2.75, 3.05) is 26.2 Å². The Morgan fingerprint density at radius 1 is 1.35 bits per heavy atom. The summed E-state index contributed by atoms with van der Waals surface area (Å²) in [6, 6.07) is 6.52. The Morgan fingerprint density at radius 3 is 2.70 bits per heavy atom. The molecule has 0 spiro atoms. The van der Waals surface area contributed by atoms with Crippen LogP contribution in [0.4, 0.5) is 13.2 Å². The Labute approximate surface area is 114 Å². The minimum atomic E-state index is -4.41. The molecule has 0 aromatic heterocycles. The summed E-state index contributed by atoms with van der Waals surface area (Å²) in [5.41, 5.74) is 5.45. The molecule has 0 bridgehead atoms. The summed E-state index contributed by atoms with van der Waals surface area (Å²) >= 11 is 0. The van der Waals surface area contributed by atoms with E-state index in [9.17, 15) is 18.0 Å². The summed E-state index contributed by atoms with van der Waals surface area (Å²) in [6.45, 7) is -0.718. The van der Waals surface area contributed by atoms with Crippen molar-refractivity contribution in [2.24, 2.45) is 11.7 Å². The van der Waals surface area contributed by atoms with Crippen LogP contribution in [0, 0.1) is 5.92 Å². The first-order chi connectivity index (χ1) is 9.43. The van der Waals surface area contributed by atoms with Crippen molar-refractivity contribution in [1.82, 2.24) is 4.90 Å². The number of benzene rings is 1. The van der Waals surface area contributed by atoms with Gasteiger partial charge in [-0.05, 0) is 12.1 Å². The van der Waals surface area contributed by atoms with E-state index >= 15 is 0 Å². The van der Waals surface area contributed by atoms with Crippen molar-refractivity contribution in [3.63, 3.8) is 0 Å². The Bertz CT molecular complexity index is 491. The van der Waals surface area contributed by atoms with Gasteiger partial charge in [0.05, 0.1) is 18.0 Å². The number of nitrogens with zero attached hydrogens (tertiary/aromatic N) is 1. The number of ether oxygens (including phenoxy) is 1. The van der Waals surface area contributed by atoms with Crippen molar-refractivity contribution in [3.8, 4) is 5.75 Å². The van der Waals surface area contributed by atoms with Gasteiger partial charge in [-0.2, -0.15) is 13.2 Å². The maximum Gasteiger partial charge on any atom is 0.394 e. The van der Waals surface area contributed by atoms with Crippen molar-refractivity contribution < 1.29 is 22.7 Å². The number of fused-ring (bicyclic) bond motifs is 1. The predicted octanol–water partition coefficient (Wildman–Crippen LogP) is 1.66. The zero-order valence-corrected chi connectivity index (χ0v) is 10.7. The zero-order valence-electron chi connectivity index (χ0n) is 10.7. The molecule has 1 unspecified atom stereocenters. The van der Waals surface area contributed by atoms with Crippen LogP contribution in [-0.4, -0.2) is 43.2 Å². The van der Waals surface area contributed by atoms with Crippen LogP contribution in [-0.2, 0) is 0 Å². The maximum atomic E-state index is 12.8. The molecule has 2 N–H and O–H groups in total. The van der Waals surface area contributed by atoms with Gasteiger partial charge in [0.25, 0.3) is 5.91 Å². The lowest BCUT2D eigenvalue weighted by atomic mass is 10.1. The van der Waals surface area contributed by atoms with E-state index in [1.54, 1.807) is 24.3 Å². The number of rotatable bonds is 3. The predicted molar refractivity (Wildman–Crippen MR) is 66.4 cm³/mol. The fourth-order valence-corrected chi connectivity index (χ4v) is 2.06. The highest BCUT2D eigenvalue weighted by molar-refractivity contribution is 5.97. The van der Waals surface area contributed by atoms with Crippen molar-refractivity contribution in [2.45, 2.75) is 6.18 Å². The van der Waals surface area contributed by atoms with Crippen molar-refractivity contribution >= 4 is 5.91 Å². The van der Waals surface area contributed by atoms with Gasteiger partial charge in [0.2, 0.25) is 0 Å². The monoisotopic (exact) mass is 288 g/mol. The lowest BCUT2D eigenvalue weighted by molar-refractivity contribution is -0.174. The average molecular weight is 288 g/mol. The first kappa shape index (κ1) is 14.6. The minimum absolute atomic E-state index is 0.111. The van der Waals surface area contributed by atoms with Crippen LogP contribution in [0.3, 0.4) is 0 Å². The topological polar surface area (TPSA) is 55.6 Å². The fourth-order valence-electron chi connectivity index (χ4n) is 2.06. The standard InChI is InChI=1S/C13H15F3N2O2/c14-13(15,16)9(7-17)8-18-5-6-20-11-4-2-1-3-10(11)12(18)19/h1-4,9H,5-8,17H2. The van der Waals surface area contributed by atoms with Gasteiger partial charge in [-0.15, -0.1) is 0 Å². The lowest BCUT2D eigenvalue weighted by Gasteiger charge is -2.26. The minimum Gasteiger partial charge on any atom is -0.491 e. The second-order valence-corrected chi connectivity index (χ2v) is 4.57. The van der Waals surface area contributed by atoms with Crippen LogP contribution < -0.4 is 10.5 Å². The molecule has 7 heteroatoms. The number of carbonyl (C=O) groups is 1. The third kappa shape index (κ3) is 3.04. The van der Waals surface area contributed by atoms with Gasteiger partial charge in [-0.3, -0.25) is 4.79 Å². The summed E-state index contributed by atoms with van der Waals surface area (Å²) < 4.78 is 43.6. The highest BCUT2D eigenvalue weighted by Crippen LogP contribution is 2.28. The summed E-state index contributed by atoms with van der Waals surface area (Å²) in [5, 5.41) is 0. The molecule has 0 fully saturated rings. The van der Waals surface area contributed by atoms with Crippen molar-refractivity contribution in [1.29, 1.82) is 0 Å². The number of para-hydroxylation sites is 1. The quantitative estimate of drug-likeness (QED) is 0.920. The number of amides is 1. The number of alkyl halides is 3. The van der Waals surface area contributed by atoms with Gasteiger partial charge in [-0.1, -0.05) is 12.1 Å². The number of carbonyl (C=O) groups excluding carboxylic acids is 1. The molecule has 0 saturated carbocycles. The van der Waals surface area contributed by atoms with E-state index in [0.29, 0.717) is 5.75 Å². The molecule has 0 aliphatic carbocycles. The second kappa shape index (κ2) is 5.70. The molecule has 1 aromatic rings. The number of hydrogen-bond acceptors (Lipinski definition) is 3. The number of hydrogen-bond donors (Lipinski definition) is 1. The van der Waals surface area contributed by atoms with Crippen LogP contribution in [0.25, 0.3) is 0 Å². The van der Waals surface area contributed by atoms with Gasteiger partial charge in [0.15, 0.2) is 0 Å². The Hall–Kier alpha value is -1.76. The molecule has 110 valence electrons. The third-order valence-corrected chi connectivity index (χ3v) is 3.21. The zero-order chi connectivity index (χ0) is 14.8. The normalized spacial score (nSPS) is 17.2. The van der Waals surface area contributed by atoms with Gasteiger partial charge < -0.3 is 15.4 Å². The molecule has 1 atom stereocenters. The maximum absolute atomic E-state index is 12.8. The first-order valence-corrected chi connectivity index (χ1v) is 6.21. The van der Waals surface area contributed by atoms with Gasteiger partial charge >= 0.3 is 6.18 Å². The Morgan fingerprint density at radius 2 is 2.05 bits per heavy atom. The van der Waals surface area contributed by atoms with Crippen LogP contribution in [0.1, 0.15) is 10.4 Å². The van der Waals surface area contributed by atoms with Gasteiger partial charge in [0.1, 0.15) is 12.4 Å². The summed E-state index contributed by atoms with van der Waals surface area (Å²) in [4.78, 5) is 13.4. The molecule has 1 heterocycles. The molecule has 1 aliphatic rings. The first-order valence-electron chi connectivity index (χ1n) is 6.21. The van der Waals surface area contributed by atoms with E-state index in [4.69, 9.17) is 10.5 Å². The Balaban J connectivity index is 2.20. The highest BCUT2D eigenvalue weighted by Gasteiger charge is 2.40. The molecule has 1 aliphatic heterocycles. The van der Waals surface area contributed by atoms with E-state index in [0.717, 1.165) is 4.90 Å². The third-order valence-electron chi connectivity index (χ3n) is 3.21. The highest BCUT2D eigenvalue weighted by atomic mass is 19.4. The van der Waals surface area contributed by atoms with Crippen LogP contribution >= 0.6 is 0 Å². The summed E-state index contributed by atoms with van der Waals surface area (Å²) in [7, 11) is 0. The van der Waals surface area contributed by atoms with E-state index < -0.39 is 31.1 Å². The van der Waals surface area contributed by atoms with E-state index in [1.807, 2.05) is 0 Å². The molecule has 0 saturated heterocycles. The van der Waals surface area contributed by atoms with E-state index in [2.05, 4.69) is 0 Å². The molecule has 2 rings (SSSR count). The molecule has 1 aromatic carbocycles. The number of nitrogens with two attached hydrogens (primary N) is 1. The van der Waals surface area contributed by atoms with Gasteiger partial charge in [-0.25, -0.2) is 0 Å². The largest absolute Gasteiger partial charge is 0.491 e. The van der Waals surface area contributed by atoms with Crippen LogP contribution in [0.15, 0.2) is 24.3 Å². The van der Waals surface area contributed by atoms with E-state index in [1.165, 1.54) is 0 Å². The van der Waals surface area contributed by atoms with Crippen molar-refractivity contribution in [3.05, 3.63) is 29.8 Å². The molecule has 0 radical (unpaired) electrons. The number of halogens is 3. The SMILES string of the molecule is NCC(CN1CCOc2ccccc2C1=O)C(F)(F)F. The summed E-state index contributed by atoms with van der Waals surface area (Å²) in [6.07, 6.45) is -4.41. The molecule has 1 amide bonds. The average Bonchev–Trinajstić information content (AvgIpc) is 2.55. The fraction of sp³-hybridized carbons (Fsp3) is 0.462. The van der Waals surface area contributed by atoms with Crippen LogP contribution in [0.2, 0.25) is 0 Å². The molecule has 20 heavy (non-hydrogen) atoms. The lowest BCUT2D eigenvalue weighted by Crippen LogP contribution is -2.44.